The number of rotatable bonds is 4. The van der Waals surface area contributed by atoms with Gasteiger partial charge < -0.3 is 15.1 Å². The van der Waals surface area contributed by atoms with Crippen LogP contribution in [0.3, 0.4) is 0 Å². The first-order valence-electron chi connectivity index (χ1n) is 13.1. The topological polar surface area (TPSA) is 64.6 Å². The zero-order valence-electron chi connectivity index (χ0n) is 21.7. The summed E-state index contributed by atoms with van der Waals surface area (Å²) in [7, 11) is 0. The number of hydrogen-bond donors (Lipinski definition) is 1. The van der Waals surface area contributed by atoms with Crippen LogP contribution in [0.25, 0.3) is 11.0 Å². The van der Waals surface area contributed by atoms with Crippen LogP contribution in [0, 0.1) is 0 Å². The molecule has 2 aliphatic heterocycles. The van der Waals surface area contributed by atoms with Crippen molar-refractivity contribution in [1.82, 2.24) is 25.1 Å². The van der Waals surface area contributed by atoms with Crippen LogP contribution in [0.15, 0.2) is 54.7 Å². The fourth-order valence-electron chi connectivity index (χ4n) is 5.57. The van der Waals surface area contributed by atoms with Gasteiger partial charge in [-0.3, -0.25) is 9.88 Å². The van der Waals surface area contributed by atoms with Crippen LogP contribution in [-0.2, 0) is 12.7 Å². The van der Waals surface area contributed by atoms with Gasteiger partial charge in [0.15, 0.2) is 0 Å². The molecule has 2 atom stereocenters. The minimum atomic E-state index is -4.42. The number of urea groups is 1. The number of likely N-dealkylation sites (tertiary alicyclic amines) is 1. The average molecular weight is 527 g/mol. The summed E-state index contributed by atoms with van der Waals surface area (Å²) in [5, 5.41) is 3.25. The maximum Gasteiger partial charge on any atom is 0.416 e. The Morgan fingerprint density at radius 2 is 1.68 bits per heavy atom. The van der Waals surface area contributed by atoms with Crippen molar-refractivity contribution < 1.29 is 18.0 Å². The summed E-state index contributed by atoms with van der Waals surface area (Å²) >= 11 is 0. The van der Waals surface area contributed by atoms with Gasteiger partial charge >= 0.3 is 12.2 Å². The standard InChI is InChI=1S/C28H33F3N6O/c1-19-16-36(26-15-32-25-14-22(28(29,30)31)8-9-24(25)34-26)17-20(2)37(19)27(38)33-23-10-12-35(13-11-23)18-21-6-4-3-5-7-21/h3-9,14-15,19-20,23H,10-13,16-18H2,1-2H3,(H,33,38)/t19-,20+. The molecular formula is C28H33F3N6O. The van der Waals surface area contributed by atoms with E-state index in [1.54, 1.807) is 0 Å². The van der Waals surface area contributed by atoms with E-state index in [9.17, 15) is 18.0 Å². The van der Waals surface area contributed by atoms with E-state index in [-0.39, 0.29) is 29.7 Å². The van der Waals surface area contributed by atoms with Crippen LogP contribution in [0.4, 0.5) is 23.8 Å². The van der Waals surface area contributed by atoms with Gasteiger partial charge in [-0.25, -0.2) is 9.78 Å². The van der Waals surface area contributed by atoms with Crippen molar-refractivity contribution in [1.29, 1.82) is 0 Å². The third-order valence-electron chi connectivity index (χ3n) is 7.50. The Labute approximate surface area is 220 Å². The number of piperidine rings is 1. The number of piperazine rings is 1. The van der Waals surface area contributed by atoms with E-state index >= 15 is 0 Å². The predicted molar refractivity (Wildman–Crippen MR) is 141 cm³/mol. The van der Waals surface area contributed by atoms with Gasteiger partial charge in [0.2, 0.25) is 0 Å². The summed E-state index contributed by atoms with van der Waals surface area (Å²) < 4.78 is 39.1. The Kier molecular flexibility index (Phi) is 7.43. The number of aromatic nitrogens is 2. The molecule has 2 aliphatic rings. The fraction of sp³-hybridized carbons (Fsp3) is 0.464. The van der Waals surface area contributed by atoms with Gasteiger partial charge in [0.1, 0.15) is 5.82 Å². The number of halogens is 3. The van der Waals surface area contributed by atoms with Gasteiger partial charge in [-0.2, -0.15) is 13.2 Å². The summed E-state index contributed by atoms with van der Waals surface area (Å²) in [5.74, 6) is 0.599. The molecule has 2 amide bonds. The molecule has 10 heteroatoms. The summed E-state index contributed by atoms with van der Waals surface area (Å²) in [6.07, 6.45) is -1.07. The Hall–Kier alpha value is -3.40. The summed E-state index contributed by atoms with van der Waals surface area (Å²) in [4.78, 5) is 28.4. The van der Waals surface area contributed by atoms with Crippen LogP contribution in [-0.4, -0.2) is 70.1 Å². The number of nitrogens with zero attached hydrogens (tertiary/aromatic N) is 5. The molecule has 0 spiro atoms. The van der Waals surface area contributed by atoms with Crippen LogP contribution >= 0.6 is 0 Å². The molecule has 1 N–H and O–H groups in total. The molecule has 7 nitrogen and oxygen atoms in total. The Morgan fingerprint density at radius 1 is 1.00 bits per heavy atom. The zero-order valence-corrected chi connectivity index (χ0v) is 21.7. The normalized spacial score (nSPS) is 21.6. The Bertz CT molecular complexity index is 1250. The number of benzene rings is 2. The molecule has 0 bridgehead atoms. The molecule has 3 aromatic rings. The number of fused-ring (bicyclic) bond motifs is 1. The van der Waals surface area contributed by atoms with Crippen LogP contribution < -0.4 is 10.2 Å². The second kappa shape index (κ2) is 10.8. The molecule has 3 heterocycles. The van der Waals surface area contributed by atoms with Gasteiger partial charge in [0.25, 0.3) is 0 Å². The van der Waals surface area contributed by atoms with Gasteiger partial charge in [-0.05, 0) is 50.5 Å². The number of carbonyl (C=O) groups excluding carboxylic acids is 1. The number of anilines is 1. The van der Waals surface area contributed by atoms with Gasteiger partial charge in [0.05, 0.1) is 22.8 Å². The van der Waals surface area contributed by atoms with Crippen molar-refractivity contribution in [3.8, 4) is 0 Å². The van der Waals surface area contributed by atoms with E-state index in [4.69, 9.17) is 0 Å². The maximum absolute atomic E-state index is 13.3. The van der Waals surface area contributed by atoms with E-state index in [0.29, 0.717) is 24.4 Å². The van der Waals surface area contributed by atoms with Crippen molar-refractivity contribution in [2.45, 2.75) is 57.5 Å². The van der Waals surface area contributed by atoms with Crippen LogP contribution in [0.1, 0.15) is 37.8 Å². The molecule has 2 aromatic carbocycles. The lowest BCUT2D eigenvalue weighted by Gasteiger charge is -2.45. The lowest BCUT2D eigenvalue weighted by molar-refractivity contribution is -0.137. The largest absolute Gasteiger partial charge is 0.416 e. The van der Waals surface area contributed by atoms with Crippen molar-refractivity contribution in [2.75, 3.05) is 31.1 Å². The lowest BCUT2D eigenvalue weighted by atomic mass is 10.0. The lowest BCUT2D eigenvalue weighted by Crippen LogP contribution is -2.62. The Balaban J connectivity index is 1.17. The maximum atomic E-state index is 13.3. The fourth-order valence-corrected chi connectivity index (χ4v) is 5.57. The van der Waals surface area contributed by atoms with Gasteiger partial charge in [-0.1, -0.05) is 30.3 Å². The molecule has 0 unspecified atom stereocenters. The molecule has 0 saturated carbocycles. The average Bonchev–Trinajstić information content (AvgIpc) is 2.89. The molecule has 202 valence electrons. The predicted octanol–water partition coefficient (Wildman–Crippen LogP) is 4.92. The summed E-state index contributed by atoms with van der Waals surface area (Å²) in [6, 6.07) is 13.8. The smallest absolute Gasteiger partial charge is 0.351 e. The van der Waals surface area contributed by atoms with Crippen LogP contribution in [0.2, 0.25) is 0 Å². The second-order valence-electron chi connectivity index (χ2n) is 10.4. The molecule has 2 saturated heterocycles. The summed E-state index contributed by atoms with van der Waals surface area (Å²) in [6.45, 7) is 7.97. The SMILES string of the molecule is C[C@@H]1CN(c2cnc3cc(C(F)(F)F)ccc3n2)C[C@H](C)N1C(=O)NC1CCN(Cc2ccccc2)CC1. The third-order valence-corrected chi connectivity index (χ3v) is 7.50. The second-order valence-corrected chi connectivity index (χ2v) is 10.4. The molecule has 2 fully saturated rings. The number of hydrogen-bond acceptors (Lipinski definition) is 5. The van der Waals surface area contributed by atoms with E-state index in [2.05, 4.69) is 44.5 Å². The molecule has 0 aliphatic carbocycles. The molecular weight excluding hydrogens is 493 g/mol. The van der Waals surface area contributed by atoms with Crippen molar-refractivity contribution in [3.05, 3.63) is 65.9 Å². The number of carbonyl (C=O) groups is 1. The van der Waals surface area contributed by atoms with E-state index in [1.807, 2.05) is 29.7 Å². The van der Waals surface area contributed by atoms with E-state index in [0.717, 1.165) is 44.6 Å². The highest BCUT2D eigenvalue weighted by Gasteiger charge is 2.35. The quantitative estimate of drug-likeness (QED) is 0.523. The monoisotopic (exact) mass is 526 g/mol. The minimum absolute atomic E-state index is 0.0459. The first-order valence-corrected chi connectivity index (χ1v) is 13.1. The van der Waals surface area contributed by atoms with E-state index in [1.165, 1.54) is 17.8 Å². The van der Waals surface area contributed by atoms with Crippen molar-refractivity contribution in [2.24, 2.45) is 0 Å². The van der Waals surface area contributed by atoms with Gasteiger partial charge in [0, 0.05) is 50.8 Å². The highest BCUT2D eigenvalue weighted by molar-refractivity contribution is 5.77. The summed E-state index contributed by atoms with van der Waals surface area (Å²) in [5.41, 5.74) is 1.18. The molecule has 38 heavy (non-hydrogen) atoms. The van der Waals surface area contributed by atoms with E-state index < -0.39 is 11.7 Å². The molecule has 0 radical (unpaired) electrons. The molecule has 1 aromatic heterocycles. The number of alkyl halides is 3. The first kappa shape index (κ1) is 26.2. The minimum Gasteiger partial charge on any atom is -0.351 e. The number of amides is 2. The van der Waals surface area contributed by atoms with Crippen LogP contribution in [0.5, 0.6) is 0 Å². The Morgan fingerprint density at radius 3 is 2.34 bits per heavy atom. The first-order chi connectivity index (χ1) is 18.2. The van der Waals surface area contributed by atoms with Crippen molar-refractivity contribution >= 4 is 22.9 Å². The zero-order chi connectivity index (χ0) is 26.9. The highest BCUT2D eigenvalue weighted by atomic mass is 19.4. The third kappa shape index (κ3) is 5.85. The number of nitrogens with one attached hydrogen (secondary N) is 1. The molecule has 5 rings (SSSR count). The van der Waals surface area contributed by atoms with Crippen molar-refractivity contribution in [3.63, 3.8) is 0 Å². The highest BCUT2D eigenvalue weighted by Crippen LogP contribution is 2.31. The van der Waals surface area contributed by atoms with Gasteiger partial charge in [-0.15, -0.1) is 0 Å².